The fourth-order valence-electron chi connectivity index (χ4n) is 2.56. The summed E-state index contributed by atoms with van der Waals surface area (Å²) in [5, 5.41) is 3.20. The van der Waals surface area contributed by atoms with E-state index in [0.717, 1.165) is 38.0 Å². The standard InChI is InChI=1S/C16H28N4O2/c1-13(2)19-16-17-10-14(11-18-16)12-20-6-4-15(5-7-20)22-9-8-21-3/h10-11,13,15H,4-9,12H2,1-3H3,(H,17,18,19). The van der Waals surface area contributed by atoms with Gasteiger partial charge in [-0.15, -0.1) is 0 Å². The summed E-state index contributed by atoms with van der Waals surface area (Å²) in [5.41, 5.74) is 1.16. The molecule has 0 bridgehead atoms. The predicted molar refractivity (Wildman–Crippen MR) is 86.9 cm³/mol. The molecule has 1 fully saturated rings. The Labute approximate surface area is 133 Å². The van der Waals surface area contributed by atoms with Crippen molar-refractivity contribution >= 4 is 5.95 Å². The molecule has 2 rings (SSSR count). The van der Waals surface area contributed by atoms with Gasteiger partial charge in [0.25, 0.3) is 0 Å². The summed E-state index contributed by atoms with van der Waals surface area (Å²) in [4.78, 5) is 11.2. The molecular weight excluding hydrogens is 280 g/mol. The molecule has 0 amide bonds. The maximum Gasteiger partial charge on any atom is 0.222 e. The average molecular weight is 308 g/mol. The lowest BCUT2D eigenvalue weighted by Gasteiger charge is -2.31. The zero-order valence-electron chi connectivity index (χ0n) is 13.9. The zero-order chi connectivity index (χ0) is 15.8. The normalized spacial score (nSPS) is 17.1. The minimum atomic E-state index is 0.350. The van der Waals surface area contributed by atoms with E-state index in [9.17, 15) is 0 Å². The van der Waals surface area contributed by atoms with Crippen LogP contribution in [0.25, 0.3) is 0 Å². The van der Waals surface area contributed by atoms with Crippen molar-refractivity contribution in [3.63, 3.8) is 0 Å². The smallest absolute Gasteiger partial charge is 0.222 e. The predicted octanol–water partition coefficient (Wildman–Crippen LogP) is 1.92. The van der Waals surface area contributed by atoms with Crippen molar-refractivity contribution in [2.24, 2.45) is 0 Å². The molecule has 1 aromatic heterocycles. The first-order valence-corrected chi connectivity index (χ1v) is 8.07. The molecule has 0 unspecified atom stereocenters. The van der Waals surface area contributed by atoms with Gasteiger partial charge in [-0.25, -0.2) is 9.97 Å². The second kappa shape index (κ2) is 9.02. The lowest BCUT2D eigenvalue weighted by Crippen LogP contribution is -2.37. The monoisotopic (exact) mass is 308 g/mol. The first kappa shape index (κ1) is 17.1. The summed E-state index contributed by atoms with van der Waals surface area (Å²) in [6.45, 7) is 8.56. The van der Waals surface area contributed by atoms with Crippen LogP contribution in [0.2, 0.25) is 0 Å². The van der Waals surface area contributed by atoms with Gasteiger partial charge in [0, 0.05) is 50.7 Å². The van der Waals surface area contributed by atoms with Gasteiger partial charge in [-0.05, 0) is 26.7 Å². The highest BCUT2D eigenvalue weighted by molar-refractivity contribution is 5.25. The largest absolute Gasteiger partial charge is 0.382 e. The number of rotatable bonds is 8. The van der Waals surface area contributed by atoms with E-state index in [0.29, 0.717) is 31.3 Å². The van der Waals surface area contributed by atoms with Gasteiger partial charge in [-0.2, -0.15) is 0 Å². The van der Waals surface area contributed by atoms with Crippen LogP contribution in [0.1, 0.15) is 32.3 Å². The van der Waals surface area contributed by atoms with Crippen molar-refractivity contribution in [2.75, 3.05) is 38.7 Å². The second-order valence-electron chi connectivity index (χ2n) is 6.05. The van der Waals surface area contributed by atoms with E-state index in [1.807, 2.05) is 12.4 Å². The number of nitrogens with one attached hydrogen (secondary N) is 1. The van der Waals surface area contributed by atoms with Crippen LogP contribution in [0.3, 0.4) is 0 Å². The van der Waals surface area contributed by atoms with Crippen LogP contribution in [0.4, 0.5) is 5.95 Å². The third kappa shape index (κ3) is 5.87. The Bertz CT molecular complexity index is 417. The van der Waals surface area contributed by atoms with Crippen LogP contribution >= 0.6 is 0 Å². The van der Waals surface area contributed by atoms with Crippen LogP contribution in [0.15, 0.2) is 12.4 Å². The SMILES string of the molecule is COCCOC1CCN(Cc2cnc(NC(C)C)nc2)CC1. The Balaban J connectivity index is 1.71. The lowest BCUT2D eigenvalue weighted by atomic mass is 10.1. The summed E-state index contributed by atoms with van der Waals surface area (Å²) in [6, 6.07) is 0.350. The second-order valence-corrected chi connectivity index (χ2v) is 6.05. The van der Waals surface area contributed by atoms with Gasteiger partial charge in [-0.1, -0.05) is 0 Å². The number of piperidine rings is 1. The summed E-state index contributed by atoms with van der Waals surface area (Å²) in [7, 11) is 1.70. The summed E-state index contributed by atoms with van der Waals surface area (Å²) >= 11 is 0. The van der Waals surface area contributed by atoms with Crippen molar-refractivity contribution < 1.29 is 9.47 Å². The van der Waals surface area contributed by atoms with Crippen molar-refractivity contribution in [3.8, 4) is 0 Å². The van der Waals surface area contributed by atoms with Crippen LogP contribution in [-0.2, 0) is 16.0 Å². The van der Waals surface area contributed by atoms with Crippen molar-refractivity contribution in [1.82, 2.24) is 14.9 Å². The topological polar surface area (TPSA) is 59.5 Å². The molecule has 1 aliphatic rings. The third-order valence-electron chi connectivity index (χ3n) is 3.70. The van der Waals surface area contributed by atoms with Crippen LogP contribution < -0.4 is 5.32 Å². The third-order valence-corrected chi connectivity index (χ3v) is 3.70. The number of aromatic nitrogens is 2. The number of hydrogen-bond acceptors (Lipinski definition) is 6. The van der Waals surface area contributed by atoms with Gasteiger partial charge in [0.05, 0.1) is 19.3 Å². The Morgan fingerprint density at radius 2 is 1.91 bits per heavy atom. The molecule has 1 aliphatic heterocycles. The molecule has 124 valence electrons. The molecule has 0 aromatic carbocycles. The van der Waals surface area contributed by atoms with Gasteiger partial charge < -0.3 is 14.8 Å². The van der Waals surface area contributed by atoms with Gasteiger partial charge in [0.1, 0.15) is 0 Å². The van der Waals surface area contributed by atoms with E-state index in [1.165, 1.54) is 0 Å². The maximum atomic E-state index is 5.79. The van der Waals surface area contributed by atoms with E-state index >= 15 is 0 Å². The van der Waals surface area contributed by atoms with Gasteiger partial charge in [0.15, 0.2) is 0 Å². The highest BCUT2D eigenvalue weighted by Crippen LogP contribution is 2.16. The minimum Gasteiger partial charge on any atom is -0.382 e. The molecule has 1 aromatic rings. The highest BCUT2D eigenvalue weighted by atomic mass is 16.5. The van der Waals surface area contributed by atoms with Crippen molar-refractivity contribution in [2.45, 2.75) is 45.4 Å². The molecule has 0 aliphatic carbocycles. The number of methoxy groups -OCH3 is 1. The Kier molecular flexibility index (Phi) is 7.02. The van der Waals surface area contributed by atoms with E-state index in [-0.39, 0.29) is 0 Å². The Hall–Kier alpha value is -1.24. The van der Waals surface area contributed by atoms with E-state index in [1.54, 1.807) is 7.11 Å². The van der Waals surface area contributed by atoms with E-state index in [2.05, 4.69) is 34.0 Å². The molecule has 0 saturated carbocycles. The number of ether oxygens (including phenoxy) is 2. The van der Waals surface area contributed by atoms with Gasteiger partial charge >= 0.3 is 0 Å². The van der Waals surface area contributed by atoms with E-state index in [4.69, 9.17) is 9.47 Å². The van der Waals surface area contributed by atoms with E-state index < -0.39 is 0 Å². The summed E-state index contributed by atoms with van der Waals surface area (Å²) in [6.07, 6.45) is 6.37. The molecule has 6 nitrogen and oxygen atoms in total. The fourth-order valence-corrected chi connectivity index (χ4v) is 2.56. The first-order chi connectivity index (χ1) is 10.7. The van der Waals surface area contributed by atoms with Crippen LogP contribution in [-0.4, -0.2) is 60.4 Å². The Morgan fingerprint density at radius 3 is 2.50 bits per heavy atom. The lowest BCUT2D eigenvalue weighted by molar-refractivity contribution is -0.0158. The van der Waals surface area contributed by atoms with Crippen LogP contribution in [0, 0.1) is 0 Å². The zero-order valence-corrected chi connectivity index (χ0v) is 13.9. The highest BCUT2D eigenvalue weighted by Gasteiger charge is 2.19. The molecule has 2 heterocycles. The molecule has 22 heavy (non-hydrogen) atoms. The molecule has 0 atom stereocenters. The molecule has 0 spiro atoms. The molecular formula is C16H28N4O2. The molecule has 1 saturated heterocycles. The van der Waals surface area contributed by atoms with Crippen molar-refractivity contribution in [3.05, 3.63) is 18.0 Å². The summed E-state index contributed by atoms with van der Waals surface area (Å²) in [5.74, 6) is 0.698. The number of hydrogen-bond donors (Lipinski definition) is 1. The van der Waals surface area contributed by atoms with Gasteiger partial charge in [0.2, 0.25) is 5.95 Å². The molecule has 6 heteroatoms. The van der Waals surface area contributed by atoms with Crippen molar-refractivity contribution in [1.29, 1.82) is 0 Å². The molecule has 1 N–H and O–H groups in total. The van der Waals surface area contributed by atoms with Gasteiger partial charge in [-0.3, -0.25) is 4.90 Å². The maximum absolute atomic E-state index is 5.79. The Morgan fingerprint density at radius 1 is 1.23 bits per heavy atom. The van der Waals surface area contributed by atoms with Crippen LogP contribution in [0.5, 0.6) is 0 Å². The fraction of sp³-hybridized carbons (Fsp3) is 0.750. The quantitative estimate of drug-likeness (QED) is 0.741. The first-order valence-electron chi connectivity index (χ1n) is 8.07. The molecule has 0 radical (unpaired) electrons. The average Bonchev–Trinajstić information content (AvgIpc) is 2.51. The number of nitrogens with zero attached hydrogens (tertiary/aromatic N) is 3. The number of anilines is 1. The number of likely N-dealkylation sites (tertiary alicyclic amines) is 1. The minimum absolute atomic E-state index is 0.350. The summed E-state index contributed by atoms with van der Waals surface area (Å²) < 4.78 is 10.8.